The zero-order chi connectivity index (χ0) is 20.0. The molecule has 0 aliphatic heterocycles. The summed E-state index contributed by atoms with van der Waals surface area (Å²) in [6.45, 7) is 11.3. The lowest BCUT2D eigenvalue weighted by molar-refractivity contribution is 0.393. The average molecular weight is 361 g/mol. The van der Waals surface area contributed by atoms with E-state index in [9.17, 15) is 5.26 Å². The summed E-state index contributed by atoms with van der Waals surface area (Å²) in [4.78, 5) is 2.07. The van der Waals surface area contributed by atoms with Crippen LogP contribution in [-0.4, -0.2) is 29.2 Å². The molecule has 0 spiro atoms. The molecule has 1 N–H and O–H groups in total. The van der Waals surface area contributed by atoms with Gasteiger partial charge in [-0.2, -0.15) is 10.4 Å². The first-order valence-corrected chi connectivity index (χ1v) is 8.93. The van der Waals surface area contributed by atoms with Gasteiger partial charge in [0.1, 0.15) is 0 Å². The van der Waals surface area contributed by atoms with E-state index in [0.29, 0.717) is 18.7 Å². The van der Waals surface area contributed by atoms with Crippen molar-refractivity contribution in [3.8, 4) is 6.07 Å². The molecular formula is C22H27N5. The first-order chi connectivity index (χ1) is 12.9. The number of nitrogens with one attached hydrogen (secondary N) is 1. The van der Waals surface area contributed by atoms with Crippen molar-refractivity contribution in [3.05, 3.63) is 63.2 Å². The van der Waals surface area contributed by atoms with Crippen molar-refractivity contribution >= 4 is 18.0 Å². The number of nitriles is 1. The van der Waals surface area contributed by atoms with E-state index in [1.54, 1.807) is 0 Å². The molecule has 0 fully saturated rings. The first-order valence-electron chi connectivity index (χ1n) is 8.93. The quantitative estimate of drug-likeness (QED) is 0.856. The molecule has 0 saturated carbocycles. The van der Waals surface area contributed by atoms with Crippen molar-refractivity contribution in [1.82, 2.24) is 15.1 Å². The summed E-state index contributed by atoms with van der Waals surface area (Å²) >= 11 is 0. The molecule has 140 valence electrons. The van der Waals surface area contributed by atoms with Gasteiger partial charge in [-0.25, -0.2) is 0 Å². The van der Waals surface area contributed by atoms with E-state index < -0.39 is 0 Å². The maximum absolute atomic E-state index is 9.23. The Labute approximate surface area is 161 Å². The molecular weight excluding hydrogens is 334 g/mol. The van der Waals surface area contributed by atoms with Crippen LogP contribution in [0.1, 0.15) is 36.2 Å². The lowest BCUT2D eigenvalue weighted by atomic mass is 10.0. The highest BCUT2D eigenvalue weighted by Crippen LogP contribution is 2.13. The molecule has 2 aromatic rings. The molecule has 2 rings (SSSR count). The lowest BCUT2D eigenvalue weighted by Gasteiger charge is -2.13. The second kappa shape index (κ2) is 9.11. The molecule has 1 heterocycles. The Kier molecular flexibility index (Phi) is 6.86. The SMILES string of the molecule is C=C(C)/C=c1/c(NCc2cccc(C#N)c2C)nnc(CN(C)C)/c1=C/C. The Morgan fingerprint density at radius 2 is 2.04 bits per heavy atom. The molecule has 5 nitrogen and oxygen atoms in total. The second-order valence-corrected chi connectivity index (χ2v) is 6.89. The van der Waals surface area contributed by atoms with Crippen molar-refractivity contribution in [2.24, 2.45) is 0 Å². The van der Waals surface area contributed by atoms with Crippen LogP contribution in [0, 0.1) is 18.3 Å². The molecule has 0 aliphatic rings. The zero-order valence-electron chi connectivity index (χ0n) is 16.8. The van der Waals surface area contributed by atoms with Crippen LogP contribution in [-0.2, 0) is 13.1 Å². The van der Waals surface area contributed by atoms with Gasteiger partial charge < -0.3 is 10.2 Å². The van der Waals surface area contributed by atoms with Crippen LogP contribution >= 0.6 is 0 Å². The maximum Gasteiger partial charge on any atom is 0.156 e. The highest BCUT2D eigenvalue weighted by Gasteiger charge is 2.09. The lowest BCUT2D eigenvalue weighted by Crippen LogP contribution is -2.36. The van der Waals surface area contributed by atoms with E-state index >= 15 is 0 Å². The van der Waals surface area contributed by atoms with Crippen LogP contribution in [0.5, 0.6) is 0 Å². The highest BCUT2D eigenvalue weighted by molar-refractivity contribution is 5.54. The van der Waals surface area contributed by atoms with Gasteiger partial charge in [-0.05, 0) is 58.1 Å². The van der Waals surface area contributed by atoms with Gasteiger partial charge in [0.05, 0.1) is 17.3 Å². The fourth-order valence-electron chi connectivity index (χ4n) is 2.94. The van der Waals surface area contributed by atoms with E-state index in [0.717, 1.165) is 38.6 Å². The normalized spacial score (nSPS) is 12.3. The smallest absolute Gasteiger partial charge is 0.156 e. The van der Waals surface area contributed by atoms with Crippen molar-refractivity contribution in [3.63, 3.8) is 0 Å². The van der Waals surface area contributed by atoms with Crippen molar-refractivity contribution in [1.29, 1.82) is 5.26 Å². The predicted octanol–water partition coefficient (Wildman–Crippen LogP) is 2.49. The fraction of sp³-hybridized carbons (Fsp3) is 0.318. The van der Waals surface area contributed by atoms with Crippen LogP contribution in [0.3, 0.4) is 0 Å². The Hall–Kier alpha value is -2.97. The maximum atomic E-state index is 9.23. The largest absolute Gasteiger partial charge is 0.364 e. The summed E-state index contributed by atoms with van der Waals surface area (Å²) in [6, 6.07) is 7.99. The fourth-order valence-corrected chi connectivity index (χ4v) is 2.94. The van der Waals surface area contributed by atoms with Crippen molar-refractivity contribution in [2.45, 2.75) is 33.9 Å². The molecule has 0 bridgehead atoms. The van der Waals surface area contributed by atoms with Gasteiger partial charge in [0.15, 0.2) is 5.82 Å². The molecule has 5 heteroatoms. The van der Waals surface area contributed by atoms with Crippen LogP contribution in [0.25, 0.3) is 12.2 Å². The predicted molar refractivity (Wildman–Crippen MR) is 111 cm³/mol. The highest BCUT2D eigenvalue weighted by atomic mass is 15.2. The Morgan fingerprint density at radius 3 is 2.63 bits per heavy atom. The molecule has 0 radical (unpaired) electrons. The monoisotopic (exact) mass is 361 g/mol. The summed E-state index contributed by atoms with van der Waals surface area (Å²) in [5, 5.41) is 23.5. The van der Waals surface area contributed by atoms with Gasteiger partial charge in [-0.3, -0.25) is 0 Å². The number of benzene rings is 1. The van der Waals surface area contributed by atoms with Crippen LogP contribution in [0.15, 0.2) is 30.4 Å². The number of hydrogen-bond donors (Lipinski definition) is 1. The standard InChI is InChI=1S/C22H27N5/c1-7-19-20(11-15(2)3)22(26-25-21(19)14-27(5)6)24-13-18-10-8-9-17(12-23)16(18)4/h7-11H,2,13-14H2,1,3-6H3,(H,24,26)/b19-7+,20-11+. The molecule has 0 unspecified atom stereocenters. The summed E-state index contributed by atoms with van der Waals surface area (Å²) in [5.41, 5.74) is 4.63. The Bertz CT molecular complexity index is 997. The van der Waals surface area contributed by atoms with Gasteiger partial charge in [0, 0.05) is 23.5 Å². The molecule has 27 heavy (non-hydrogen) atoms. The average Bonchev–Trinajstić information content (AvgIpc) is 2.61. The third kappa shape index (κ3) is 5.02. The summed E-state index contributed by atoms with van der Waals surface area (Å²) in [6.07, 6.45) is 4.10. The van der Waals surface area contributed by atoms with Gasteiger partial charge in [-0.1, -0.05) is 30.4 Å². The minimum absolute atomic E-state index is 0.573. The van der Waals surface area contributed by atoms with Gasteiger partial charge in [-0.15, -0.1) is 5.10 Å². The van der Waals surface area contributed by atoms with Crippen molar-refractivity contribution < 1.29 is 0 Å². The molecule has 0 amide bonds. The van der Waals surface area contributed by atoms with Crippen LogP contribution in [0.4, 0.5) is 5.82 Å². The Balaban J connectivity index is 2.49. The zero-order valence-corrected chi connectivity index (χ0v) is 16.8. The molecule has 0 aliphatic carbocycles. The number of allylic oxidation sites excluding steroid dienone is 1. The molecule has 0 atom stereocenters. The van der Waals surface area contributed by atoms with Crippen LogP contribution < -0.4 is 15.8 Å². The van der Waals surface area contributed by atoms with Crippen molar-refractivity contribution in [2.75, 3.05) is 19.4 Å². The molecule has 1 aromatic heterocycles. The third-order valence-electron chi connectivity index (χ3n) is 4.29. The van der Waals surface area contributed by atoms with E-state index in [4.69, 9.17) is 0 Å². The Morgan fingerprint density at radius 1 is 1.30 bits per heavy atom. The number of aromatic nitrogens is 2. The van der Waals surface area contributed by atoms with Gasteiger partial charge in [0.25, 0.3) is 0 Å². The van der Waals surface area contributed by atoms with Gasteiger partial charge in [0.2, 0.25) is 0 Å². The van der Waals surface area contributed by atoms with E-state index in [2.05, 4.69) is 39.1 Å². The second-order valence-electron chi connectivity index (χ2n) is 6.89. The van der Waals surface area contributed by atoms with E-state index in [1.165, 1.54) is 0 Å². The minimum atomic E-state index is 0.573. The summed E-state index contributed by atoms with van der Waals surface area (Å²) in [5.74, 6) is 0.718. The number of hydrogen-bond acceptors (Lipinski definition) is 5. The molecule has 0 saturated heterocycles. The minimum Gasteiger partial charge on any atom is -0.364 e. The van der Waals surface area contributed by atoms with E-state index in [-0.39, 0.29) is 0 Å². The summed E-state index contributed by atoms with van der Waals surface area (Å²) < 4.78 is 0. The van der Waals surface area contributed by atoms with Gasteiger partial charge >= 0.3 is 0 Å². The van der Waals surface area contributed by atoms with Crippen LogP contribution in [0.2, 0.25) is 0 Å². The topological polar surface area (TPSA) is 64.8 Å². The number of anilines is 1. The summed E-state index contributed by atoms with van der Waals surface area (Å²) in [7, 11) is 4.03. The van der Waals surface area contributed by atoms with E-state index in [1.807, 2.05) is 59.1 Å². The molecule has 1 aromatic carbocycles. The number of rotatable bonds is 6. The first kappa shape index (κ1) is 20.3. The number of nitrogens with zero attached hydrogens (tertiary/aromatic N) is 4. The third-order valence-corrected chi connectivity index (χ3v) is 4.29.